The molecule has 0 aromatic heterocycles. The second kappa shape index (κ2) is 6.91. The van der Waals surface area contributed by atoms with Gasteiger partial charge in [-0.1, -0.05) is 37.1 Å². The van der Waals surface area contributed by atoms with Crippen molar-refractivity contribution < 1.29 is 0 Å². The molecule has 0 spiro atoms. The van der Waals surface area contributed by atoms with Gasteiger partial charge in [0.25, 0.3) is 0 Å². The van der Waals surface area contributed by atoms with Gasteiger partial charge in [0.05, 0.1) is 0 Å². The third-order valence-electron chi connectivity index (χ3n) is 2.08. The van der Waals surface area contributed by atoms with Crippen LogP contribution in [0.1, 0.15) is 20.3 Å². The Labute approximate surface area is 86.7 Å². The van der Waals surface area contributed by atoms with E-state index in [9.17, 15) is 0 Å². The first-order valence-corrected chi connectivity index (χ1v) is 4.60. The molecule has 0 aromatic rings. The lowest BCUT2D eigenvalue weighted by Crippen LogP contribution is -1.95. The van der Waals surface area contributed by atoms with Crippen molar-refractivity contribution in [3.63, 3.8) is 0 Å². The maximum atomic E-state index is 7.00. The van der Waals surface area contributed by atoms with Gasteiger partial charge in [-0.15, -0.1) is 6.42 Å². The molecule has 0 amide bonds. The molecule has 0 heterocycles. The van der Waals surface area contributed by atoms with Gasteiger partial charge in [0, 0.05) is 6.21 Å². The number of allylic oxidation sites excluding steroid dienone is 5. The van der Waals surface area contributed by atoms with Crippen LogP contribution in [0.25, 0.3) is 0 Å². The zero-order valence-corrected chi connectivity index (χ0v) is 8.88. The zero-order chi connectivity index (χ0) is 11.0. The summed E-state index contributed by atoms with van der Waals surface area (Å²) < 4.78 is 0. The van der Waals surface area contributed by atoms with Crippen molar-refractivity contribution in [3.05, 3.63) is 36.0 Å². The van der Waals surface area contributed by atoms with Crippen LogP contribution in [0.2, 0.25) is 0 Å². The van der Waals surface area contributed by atoms with Gasteiger partial charge >= 0.3 is 0 Å². The summed E-state index contributed by atoms with van der Waals surface area (Å²) >= 11 is 0. The fraction of sp³-hybridized carbons (Fsp3) is 0.308. The van der Waals surface area contributed by atoms with Crippen LogP contribution in [0, 0.1) is 23.7 Å². The molecule has 1 atom stereocenters. The second-order valence-corrected chi connectivity index (χ2v) is 3.31. The van der Waals surface area contributed by atoms with Crippen LogP contribution >= 0.6 is 0 Å². The Kier molecular flexibility index (Phi) is 6.15. The minimum Gasteiger partial charge on any atom is -0.308 e. The molecule has 0 saturated heterocycles. The molecule has 0 rings (SSSR count). The average molecular weight is 187 g/mol. The average Bonchev–Trinajstić information content (AvgIpc) is 2.17. The summed E-state index contributed by atoms with van der Waals surface area (Å²) in [5.74, 6) is 2.90. The highest BCUT2D eigenvalue weighted by Crippen LogP contribution is 2.15. The van der Waals surface area contributed by atoms with Gasteiger partial charge in [-0.3, -0.25) is 0 Å². The Morgan fingerprint density at radius 2 is 2.29 bits per heavy atom. The first-order chi connectivity index (χ1) is 6.61. The molecule has 14 heavy (non-hydrogen) atoms. The molecule has 1 unspecified atom stereocenters. The maximum Gasteiger partial charge on any atom is 0.0244 e. The number of terminal acetylenes is 1. The van der Waals surface area contributed by atoms with E-state index < -0.39 is 0 Å². The van der Waals surface area contributed by atoms with Crippen molar-refractivity contribution in [1.29, 1.82) is 5.41 Å². The third kappa shape index (κ3) is 5.16. The Morgan fingerprint density at radius 3 is 2.79 bits per heavy atom. The summed E-state index contributed by atoms with van der Waals surface area (Å²) in [5, 5.41) is 7.00. The van der Waals surface area contributed by atoms with Crippen LogP contribution in [0.5, 0.6) is 0 Å². The Bertz CT molecular complexity index is 300. The van der Waals surface area contributed by atoms with E-state index >= 15 is 0 Å². The van der Waals surface area contributed by atoms with Gasteiger partial charge < -0.3 is 5.41 Å². The molecule has 0 aromatic carbocycles. The van der Waals surface area contributed by atoms with Crippen molar-refractivity contribution in [3.8, 4) is 12.3 Å². The molecular formula is C13H17N. The van der Waals surface area contributed by atoms with Crippen molar-refractivity contribution >= 4 is 6.21 Å². The van der Waals surface area contributed by atoms with E-state index in [1.165, 1.54) is 11.8 Å². The Balaban J connectivity index is 4.25. The summed E-state index contributed by atoms with van der Waals surface area (Å²) in [4.78, 5) is 0. The first kappa shape index (κ1) is 12.4. The monoisotopic (exact) mass is 187 g/mol. The molecule has 1 N–H and O–H groups in total. The molecule has 0 radical (unpaired) electrons. The molecule has 1 nitrogen and oxygen atoms in total. The zero-order valence-electron chi connectivity index (χ0n) is 8.88. The minimum absolute atomic E-state index is 0.441. The summed E-state index contributed by atoms with van der Waals surface area (Å²) in [5.41, 5.74) is 1.95. The molecule has 0 fully saturated rings. The lowest BCUT2D eigenvalue weighted by molar-refractivity contribution is 0.695. The fourth-order valence-corrected chi connectivity index (χ4v) is 1.00. The van der Waals surface area contributed by atoms with E-state index in [-0.39, 0.29) is 0 Å². The molecular weight excluding hydrogens is 170 g/mol. The van der Waals surface area contributed by atoms with E-state index in [1.54, 1.807) is 6.08 Å². The van der Waals surface area contributed by atoms with Gasteiger partial charge in [0.2, 0.25) is 0 Å². The summed E-state index contributed by atoms with van der Waals surface area (Å²) in [6, 6.07) is 0. The topological polar surface area (TPSA) is 23.9 Å². The number of hydrogen-bond donors (Lipinski definition) is 1. The van der Waals surface area contributed by atoms with Crippen LogP contribution in [0.4, 0.5) is 0 Å². The minimum atomic E-state index is 0.441. The van der Waals surface area contributed by atoms with Crippen molar-refractivity contribution in [2.45, 2.75) is 20.3 Å². The van der Waals surface area contributed by atoms with Gasteiger partial charge in [0.1, 0.15) is 0 Å². The van der Waals surface area contributed by atoms with E-state index in [1.807, 2.05) is 19.1 Å². The standard InChI is InChI=1S/C13H17N/c1-5-6-7-8-12(3)13(4)9-11(2)10-14/h1,6-7,9-10,12,14H,2,8H2,3-4H3. The van der Waals surface area contributed by atoms with Crippen LogP contribution in [0.3, 0.4) is 0 Å². The van der Waals surface area contributed by atoms with Crippen LogP contribution < -0.4 is 0 Å². The van der Waals surface area contributed by atoms with Crippen molar-refractivity contribution in [1.82, 2.24) is 0 Å². The predicted octanol–water partition coefficient (Wildman–Crippen LogP) is 3.35. The van der Waals surface area contributed by atoms with Crippen molar-refractivity contribution in [2.75, 3.05) is 0 Å². The third-order valence-corrected chi connectivity index (χ3v) is 2.08. The van der Waals surface area contributed by atoms with Crippen LogP contribution in [-0.4, -0.2) is 6.21 Å². The molecule has 0 saturated carbocycles. The number of hydrogen-bond acceptors (Lipinski definition) is 1. The largest absolute Gasteiger partial charge is 0.308 e. The van der Waals surface area contributed by atoms with Gasteiger partial charge in [-0.25, -0.2) is 0 Å². The Morgan fingerprint density at radius 1 is 1.64 bits per heavy atom. The first-order valence-electron chi connectivity index (χ1n) is 4.60. The van der Waals surface area contributed by atoms with Gasteiger partial charge in [-0.2, -0.15) is 0 Å². The second-order valence-electron chi connectivity index (χ2n) is 3.31. The van der Waals surface area contributed by atoms with Gasteiger partial charge in [0.15, 0.2) is 0 Å². The van der Waals surface area contributed by atoms with Gasteiger partial charge in [-0.05, 0) is 30.9 Å². The van der Waals surface area contributed by atoms with E-state index in [0.29, 0.717) is 5.92 Å². The quantitative estimate of drug-likeness (QED) is 0.388. The number of rotatable bonds is 5. The van der Waals surface area contributed by atoms with E-state index in [4.69, 9.17) is 11.8 Å². The van der Waals surface area contributed by atoms with E-state index in [0.717, 1.165) is 12.0 Å². The lowest BCUT2D eigenvalue weighted by Gasteiger charge is -2.08. The molecule has 0 aliphatic rings. The molecule has 0 aliphatic heterocycles. The highest BCUT2D eigenvalue weighted by Gasteiger charge is 2.01. The molecule has 0 bridgehead atoms. The molecule has 0 aliphatic carbocycles. The Hall–Kier alpha value is -1.55. The summed E-state index contributed by atoms with van der Waals surface area (Å²) in [7, 11) is 0. The van der Waals surface area contributed by atoms with Crippen LogP contribution in [-0.2, 0) is 0 Å². The van der Waals surface area contributed by atoms with E-state index in [2.05, 4.69) is 19.4 Å². The maximum absolute atomic E-state index is 7.00. The van der Waals surface area contributed by atoms with Crippen LogP contribution in [0.15, 0.2) is 36.0 Å². The normalized spacial score (nSPS) is 13.6. The molecule has 74 valence electrons. The lowest BCUT2D eigenvalue weighted by atomic mass is 9.97. The highest BCUT2D eigenvalue weighted by atomic mass is 14.3. The predicted molar refractivity (Wildman–Crippen MR) is 63.4 cm³/mol. The smallest absolute Gasteiger partial charge is 0.0244 e. The summed E-state index contributed by atoms with van der Waals surface area (Å²) in [6.45, 7) is 7.90. The highest BCUT2D eigenvalue weighted by molar-refractivity contribution is 5.78. The molecule has 1 heteroatoms. The number of nitrogens with one attached hydrogen (secondary N) is 1. The SMILES string of the molecule is C#CC=CCC(C)C(C)=CC(=C)C=N. The van der Waals surface area contributed by atoms with Crippen molar-refractivity contribution in [2.24, 2.45) is 5.92 Å². The summed E-state index contributed by atoms with van der Waals surface area (Å²) in [6.07, 6.45) is 12.9. The fourth-order valence-electron chi connectivity index (χ4n) is 1.00.